The lowest BCUT2D eigenvalue weighted by molar-refractivity contribution is -0.129. The molecule has 0 atom stereocenters. The normalized spacial score (nSPS) is 15.9. The van der Waals surface area contributed by atoms with Crippen molar-refractivity contribution in [1.82, 2.24) is 4.90 Å². The van der Waals surface area contributed by atoms with E-state index in [1.54, 1.807) is 4.90 Å². The van der Waals surface area contributed by atoms with Crippen molar-refractivity contribution >= 4 is 50.2 Å². The topological polar surface area (TPSA) is 143 Å². The second-order valence-corrected chi connectivity index (χ2v) is 7.96. The molecule has 3 rings (SSSR count). The maximum atomic E-state index is 12.5. The third-order valence-electron chi connectivity index (χ3n) is 4.60. The Morgan fingerprint density at radius 1 is 1.37 bits per heavy atom. The molecule has 0 unspecified atom stereocenters. The van der Waals surface area contributed by atoms with E-state index in [2.05, 4.69) is 0 Å². The van der Waals surface area contributed by atoms with Crippen LogP contribution in [0.1, 0.15) is 31.4 Å². The number of nitrogen functional groups attached to an aromatic ring is 1. The Balaban J connectivity index is 2.10. The van der Waals surface area contributed by atoms with Crippen molar-refractivity contribution in [1.29, 1.82) is 0 Å². The van der Waals surface area contributed by atoms with Gasteiger partial charge >= 0.3 is 10.3 Å². The number of nitrogens with zero attached hydrogens (tertiary/aromatic N) is 1. The van der Waals surface area contributed by atoms with Crippen LogP contribution in [0.25, 0.3) is 11.0 Å². The molecular weight excluding hydrogens is 398 g/mol. The number of likely N-dealkylation sites (tertiary alicyclic amines) is 1. The highest BCUT2D eigenvalue weighted by Crippen LogP contribution is 2.37. The number of hydrogen-bond acceptors (Lipinski definition) is 6. The van der Waals surface area contributed by atoms with Gasteiger partial charge in [-0.15, -0.1) is 0 Å². The number of amides is 1. The van der Waals surface area contributed by atoms with Crippen LogP contribution in [-0.4, -0.2) is 36.9 Å². The monoisotopic (exact) mass is 415 g/mol. The summed E-state index contributed by atoms with van der Waals surface area (Å²) in [6, 6.07) is 2.62. The lowest BCUT2D eigenvalue weighted by Gasteiger charge is -2.30. The number of rotatable bonds is 3. The molecule has 0 saturated carbocycles. The highest BCUT2D eigenvalue weighted by molar-refractivity contribution is 7.87. The number of nitrogens with two attached hydrogens (primary N) is 1. The Labute approximate surface area is 160 Å². The summed E-state index contributed by atoms with van der Waals surface area (Å²) in [6.07, 6.45) is 1.19. The summed E-state index contributed by atoms with van der Waals surface area (Å²) in [5.74, 6) is 0.222. The number of hydrogen-bond donors (Lipinski definition) is 3. The molecule has 2 aromatic rings. The van der Waals surface area contributed by atoms with E-state index in [0.29, 0.717) is 31.7 Å². The van der Waals surface area contributed by atoms with Gasteiger partial charge in [0.1, 0.15) is 11.4 Å². The van der Waals surface area contributed by atoms with E-state index in [1.165, 1.54) is 19.1 Å². The number of carbonyl (C=O) groups is 1. The van der Waals surface area contributed by atoms with Gasteiger partial charge < -0.3 is 15.1 Å². The number of piperidine rings is 1. The summed E-state index contributed by atoms with van der Waals surface area (Å²) >= 11 is 5.97. The number of carbonyl (C=O) groups excluding carboxylic acids is 1. The molecule has 1 amide bonds. The number of benzene rings is 1. The fraction of sp³-hybridized carbons (Fsp3) is 0.375. The van der Waals surface area contributed by atoms with Gasteiger partial charge in [-0.2, -0.15) is 8.42 Å². The first kappa shape index (κ1) is 19.5. The van der Waals surface area contributed by atoms with Crippen LogP contribution in [0.3, 0.4) is 0 Å². The molecule has 0 radical (unpaired) electrons. The van der Waals surface area contributed by atoms with E-state index >= 15 is 0 Å². The molecule has 0 bridgehead atoms. The Hall–Kier alpha value is -2.30. The minimum absolute atomic E-state index is 0.0181. The van der Waals surface area contributed by atoms with Crippen molar-refractivity contribution in [2.75, 3.05) is 23.5 Å². The average Bonchev–Trinajstić information content (AvgIpc) is 2.59. The summed E-state index contributed by atoms with van der Waals surface area (Å²) in [7, 11) is -4.67. The van der Waals surface area contributed by atoms with Crippen LogP contribution in [0.15, 0.2) is 21.3 Å². The second-order valence-electron chi connectivity index (χ2n) is 6.39. The van der Waals surface area contributed by atoms with Crippen molar-refractivity contribution in [2.45, 2.75) is 25.7 Å². The average molecular weight is 416 g/mol. The smallest absolute Gasteiger partial charge is 0.357 e. The molecule has 0 aliphatic carbocycles. The molecule has 9 nitrogen and oxygen atoms in total. The van der Waals surface area contributed by atoms with Gasteiger partial charge in [-0.1, -0.05) is 11.6 Å². The standard InChI is InChI=1S/C16H18ClN3O6S/c1-8(21)20-4-2-9(3-5-20)13-7-12(22)10-6-11(17)14(18)15(16(10)26-13)19-27(23,24)25/h6-7,9,19H,2-5,18H2,1H3,(H,23,24,25). The third kappa shape index (κ3) is 4.02. The Morgan fingerprint density at radius 3 is 2.56 bits per heavy atom. The third-order valence-corrected chi connectivity index (χ3v) is 5.38. The summed E-state index contributed by atoms with van der Waals surface area (Å²) in [5.41, 5.74) is 4.82. The zero-order valence-electron chi connectivity index (χ0n) is 14.4. The number of fused-ring (bicyclic) bond motifs is 1. The molecule has 1 saturated heterocycles. The first-order valence-electron chi connectivity index (χ1n) is 8.13. The quantitative estimate of drug-likeness (QED) is 0.513. The first-order chi connectivity index (χ1) is 12.6. The molecule has 1 fully saturated rings. The van der Waals surface area contributed by atoms with Crippen LogP contribution in [-0.2, 0) is 15.1 Å². The van der Waals surface area contributed by atoms with Crippen LogP contribution in [0.2, 0.25) is 5.02 Å². The minimum Gasteiger partial charge on any atom is -0.458 e. The van der Waals surface area contributed by atoms with Crippen molar-refractivity contribution < 1.29 is 22.2 Å². The van der Waals surface area contributed by atoms with Gasteiger partial charge in [-0.25, -0.2) is 0 Å². The van der Waals surface area contributed by atoms with Gasteiger partial charge in [0.05, 0.1) is 16.1 Å². The zero-order chi connectivity index (χ0) is 19.9. The van der Waals surface area contributed by atoms with Crippen LogP contribution in [0.4, 0.5) is 11.4 Å². The van der Waals surface area contributed by atoms with Crippen LogP contribution in [0.5, 0.6) is 0 Å². The molecule has 2 heterocycles. The van der Waals surface area contributed by atoms with E-state index in [4.69, 9.17) is 26.3 Å². The maximum Gasteiger partial charge on any atom is 0.357 e. The molecule has 27 heavy (non-hydrogen) atoms. The molecular formula is C16H18ClN3O6S. The van der Waals surface area contributed by atoms with E-state index in [1.807, 2.05) is 4.72 Å². The summed E-state index contributed by atoms with van der Waals surface area (Å²) in [6.45, 7) is 2.55. The Bertz CT molecular complexity index is 1070. The number of nitrogens with one attached hydrogen (secondary N) is 1. The highest BCUT2D eigenvalue weighted by Gasteiger charge is 2.26. The Morgan fingerprint density at radius 2 is 2.00 bits per heavy atom. The second kappa shape index (κ2) is 7.02. The number of anilines is 2. The van der Waals surface area contributed by atoms with Gasteiger partial charge in [-0.3, -0.25) is 18.9 Å². The van der Waals surface area contributed by atoms with Crippen molar-refractivity contribution in [3.05, 3.63) is 33.1 Å². The first-order valence-corrected chi connectivity index (χ1v) is 9.95. The predicted molar refractivity (Wildman–Crippen MR) is 101 cm³/mol. The highest BCUT2D eigenvalue weighted by atomic mass is 35.5. The lowest BCUT2D eigenvalue weighted by Crippen LogP contribution is -2.36. The van der Waals surface area contributed by atoms with Gasteiger partial charge in [0.25, 0.3) is 0 Å². The van der Waals surface area contributed by atoms with E-state index in [-0.39, 0.29) is 39.2 Å². The molecule has 0 spiro atoms. The molecule has 1 aliphatic rings. The number of halogens is 1. The largest absolute Gasteiger partial charge is 0.458 e. The molecule has 11 heteroatoms. The molecule has 1 aromatic carbocycles. The van der Waals surface area contributed by atoms with Crippen molar-refractivity contribution in [2.24, 2.45) is 0 Å². The van der Waals surface area contributed by atoms with Crippen molar-refractivity contribution in [3.63, 3.8) is 0 Å². The SMILES string of the molecule is CC(=O)N1CCC(c2cc(=O)c3cc(Cl)c(N)c(NS(=O)(=O)O)c3o2)CC1. The van der Waals surface area contributed by atoms with Crippen LogP contribution >= 0.6 is 11.6 Å². The summed E-state index contributed by atoms with van der Waals surface area (Å²) in [5, 5.41) is -0.0197. The fourth-order valence-electron chi connectivity index (χ4n) is 3.20. The van der Waals surface area contributed by atoms with Crippen LogP contribution in [0, 0.1) is 0 Å². The molecule has 4 N–H and O–H groups in total. The zero-order valence-corrected chi connectivity index (χ0v) is 15.9. The minimum atomic E-state index is -4.67. The summed E-state index contributed by atoms with van der Waals surface area (Å²) in [4.78, 5) is 25.7. The predicted octanol–water partition coefficient (Wildman–Crippen LogP) is 1.97. The Kier molecular flexibility index (Phi) is 5.06. The maximum absolute atomic E-state index is 12.5. The fourth-order valence-corrected chi connectivity index (χ4v) is 3.86. The molecule has 146 valence electrons. The van der Waals surface area contributed by atoms with Gasteiger partial charge in [0.15, 0.2) is 11.0 Å². The van der Waals surface area contributed by atoms with E-state index in [9.17, 15) is 18.0 Å². The lowest BCUT2D eigenvalue weighted by atomic mass is 9.93. The van der Waals surface area contributed by atoms with Crippen molar-refractivity contribution in [3.8, 4) is 0 Å². The molecule has 1 aromatic heterocycles. The van der Waals surface area contributed by atoms with Gasteiger partial charge in [0.2, 0.25) is 5.91 Å². The molecule has 1 aliphatic heterocycles. The van der Waals surface area contributed by atoms with Gasteiger partial charge in [-0.05, 0) is 18.9 Å². The van der Waals surface area contributed by atoms with Crippen LogP contribution < -0.4 is 15.9 Å². The summed E-state index contributed by atoms with van der Waals surface area (Å²) < 4.78 is 39.3. The van der Waals surface area contributed by atoms with E-state index < -0.39 is 15.7 Å². The van der Waals surface area contributed by atoms with Gasteiger partial charge in [0, 0.05) is 32.0 Å². The van der Waals surface area contributed by atoms with E-state index in [0.717, 1.165) is 0 Å².